The minimum Gasteiger partial charge on any atom is -0.394 e. The largest absolute Gasteiger partial charge is 0.394 e. The van der Waals surface area contributed by atoms with E-state index in [9.17, 15) is 9.59 Å². The molecule has 1 rings (SSSR count). The number of hydrogen-bond acceptors (Lipinski definition) is 3. The number of nitrogens with one attached hydrogen (secondary N) is 2. The summed E-state index contributed by atoms with van der Waals surface area (Å²) >= 11 is 0. The number of nitrogens with zero attached hydrogens (tertiary/aromatic N) is 1. The average molecular weight is 173 g/mol. The van der Waals surface area contributed by atoms with Gasteiger partial charge in [-0.1, -0.05) is 6.92 Å². The van der Waals surface area contributed by atoms with Gasteiger partial charge in [0.2, 0.25) is 0 Å². The molecule has 6 heteroatoms. The van der Waals surface area contributed by atoms with Crippen LogP contribution in [0.5, 0.6) is 0 Å². The Hall–Kier alpha value is -1.30. The van der Waals surface area contributed by atoms with Crippen LogP contribution in [0.1, 0.15) is 19.4 Å². The molecule has 0 aliphatic carbocycles. The second kappa shape index (κ2) is 3.40. The normalized spacial score (nSPS) is 13.2. The Kier molecular flexibility index (Phi) is 2.49. The minimum absolute atomic E-state index is 0.211. The summed E-state index contributed by atoms with van der Waals surface area (Å²) in [5.41, 5.74) is -1.03. The standard InChI is InChI=1S/C6H11N3O3/c1-2-4(3-10)9-5(11)7-8-6(9)12/h4,10H,2-3H2,1H3,(H,7,11)(H,8,12)/t4-/m1/s1. The fraction of sp³-hybridized carbons (Fsp3) is 0.667. The van der Waals surface area contributed by atoms with Gasteiger partial charge in [0.15, 0.2) is 0 Å². The molecule has 1 aromatic heterocycles. The van der Waals surface area contributed by atoms with Gasteiger partial charge in [0.25, 0.3) is 0 Å². The van der Waals surface area contributed by atoms with Crippen LogP contribution < -0.4 is 11.4 Å². The highest BCUT2D eigenvalue weighted by Gasteiger charge is 2.12. The molecule has 0 unspecified atom stereocenters. The van der Waals surface area contributed by atoms with Crippen LogP contribution in [0.15, 0.2) is 9.59 Å². The van der Waals surface area contributed by atoms with E-state index in [2.05, 4.69) is 10.2 Å². The predicted octanol–water partition coefficient (Wildman–Crippen LogP) is -1.19. The van der Waals surface area contributed by atoms with Crippen LogP contribution in [0.2, 0.25) is 0 Å². The maximum Gasteiger partial charge on any atom is 0.344 e. The summed E-state index contributed by atoms with van der Waals surface area (Å²) in [5, 5.41) is 13.1. The fourth-order valence-electron chi connectivity index (χ4n) is 1.04. The third kappa shape index (κ3) is 1.33. The van der Waals surface area contributed by atoms with E-state index in [1.807, 2.05) is 0 Å². The quantitative estimate of drug-likeness (QED) is 0.536. The summed E-state index contributed by atoms with van der Waals surface area (Å²) < 4.78 is 0.972. The topological polar surface area (TPSA) is 90.9 Å². The molecule has 0 saturated heterocycles. The minimum atomic E-state index is -0.513. The Labute approximate surface area is 67.8 Å². The third-order valence-electron chi connectivity index (χ3n) is 1.76. The van der Waals surface area contributed by atoms with Crippen molar-refractivity contribution in [1.82, 2.24) is 14.8 Å². The van der Waals surface area contributed by atoms with Crippen LogP contribution in [-0.4, -0.2) is 26.5 Å². The van der Waals surface area contributed by atoms with Gasteiger partial charge in [0, 0.05) is 0 Å². The highest BCUT2D eigenvalue weighted by Crippen LogP contribution is 2.02. The van der Waals surface area contributed by atoms with E-state index in [1.54, 1.807) is 6.92 Å². The van der Waals surface area contributed by atoms with E-state index >= 15 is 0 Å². The number of aromatic nitrogens is 3. The van der Waals surface area contributed by atoms with Gasteiger partial charge in [-0.2, -0.15) is 0 Å². The first-order chi connectivity index (χ1) is 5.70. The summed E-state index contributed by atoms with van der Waals surface area (Å²) in [6.45, 7) is 1.58. The maximum atomic E-state index is 11.0. The summed E-state index contributed by atoms with van der Waals surface area (Å²) in [4.78, 5) is 21.9. The zero-order chi connectivity index (χ0) is 9.14. The lowest BCUT2D eigenvalue weighted by Gasteiger charge is -2.09. The number of hydrogen-bond donors (Lipinski definition) is 3. The van der Waals surface area contributed by atoms with Crippen molar-refractivity contribution >= 4 is 0 Å². The summed E-state index contributed by atoms with van der Waals surface area (Å²) in [6, 6.07) is -0.438. The molecule has 0 aliphatic heterocycles. The van der Waals surface area contributed by atoms with Gasteiger partial charge in [-0.25, -0.2) is 24.4 Å². The lowest BCUT2D eigenvalue weighted by atomic mass is 10.2. The highest BCUT2D eigenvalue weighted by atomic mass is 16.3. The van der Waals surface area contributed by atoms with Crippen molar-refractivity contribution in [3.05, 3.63) is 21.0 Å². The first-order valence-corrected chi connectivity index (χ1v) is 3.70. The maximum absolute atomic E-state index is 11.0. The van der Waals surface area contributed by atoms with Crippen LogP contribution in [0.25, 0.3) is 0 Å². The van der Waals surface area contributed by atoms with E-state index in [-0.39, 0.29) is 6.61 Å². The average Bonchev–Trinajstić information content (AvgIpc) is 2.38. The molecular weight excluding hydrogens is 162 g/mol. The Morgan fingerprint density at radius 3 is 2.25 bits per heavy atom. The second-order valence-corrected chi connectivity index (χ2v) is 2.47. The lowest BCUT2D eigenvalue weighted by molar-refractivity contribution is 0.219. The molecule has 12 heavy (non-hydrogen) atoms. The van der Waals surface area contributed by atoms with Crippen LogP contribution in [0.3, 0.4) is 0 Å². The zero-order valence-electron chi connectivity index (χ0n) is 6.70. The molecule has 1 atom stereocenters. The van der Waals surface area contributed by atoms with Crippen molar-refractivity contribution in [1.29, 1.82) is 0 Å². The zero-order valence-corrected chi connectivity index (χ0v) is 6.70. The monoisotopic (exact) mass is 173 g/mol. The number of rotatable bonds is 3. The van der Waals surface area contributed by atoms with E-state index in [0.29, 0.717) is 6.42 Å². The number of aliphatic hydroxyl groups is 1. The highest BCUT2D eigenvalue weighted by molar-refractivity contribution is 4.73. The summed E-state index contributed by atoms with van der Waals surface area (Å²) in [7, 11) is 0. The van der Waals surface area contributed by atoms with Crippen molar-refractivity contribution < 1.29 is 5.11 Å². The van der Waals surface area contributed by atoms with E-state index in [4.69, 9.17) is 5.11 Å². The summed E-state index contributed by atoms with van der Waals surface area (Å²) in [5.74, 6) is 0. The molecule has 0 saturated carbocycles. The molecule has 6 nitrogen and oxygen atoms in total. The van der Waals surface area contributed by atoms with Gasteiger partial charge in [-0.15, -0.1) is 0 Å². The molecule has 0 radical (unpaired) electrons. The van der Waals surface area contributed by atoms with Crippen molar-refractivity contribution in [2.24, 2.45) is 0 Å². The van der Waals surface area contributed by atoms with Crippen LogP contribution >= 0.6 is 0 Å². The van der Waals surface area contributed by atoms with E-state index in [0.717, 1.165) is 4.57 Å². The molecule has 68 valence electrons. The Bertz CT molecular complexity index is 316. The van der Waals surface area contributed by atoms with Gasteiger partial charge in [0.1, 0.15) is 0 Å². The van der Waals surface area contributed by atoms with Crippen LogP contribution in [0.4, 0.5) is 0 Å². The van der Waals surface area contributed by atoms with Gasteiger partial charge >= 0.3 is 11.4 Å². The number of aromatic amines is 2. The smallest absolute Gasteiger partial charge is 0.344 e. The molecular formula is C6H11N3O3. The first-order valence-electron chi connectivity index (χ1n) is 3.70. The summed E-state index contributed by atoms with van der Waals surface area (Å²) in [6.07, 6.45) is 0.539. The number of aliphatic hydroxyl groups excluding tert-OH is 1. The van der Waals surface area contributed by atoms with Gasteiger partial charge in [0.05, 0.1) is 12.6 Å². The SMILES string of the molecule is CC[C@H](CO)n1c(=O)[nH][nH]c1=O. The predicted molar refractivity (Wildman–Crippen MR) is 42.1 cm³/mol. The van der Waals surface area contributed by atoms with Crippen LogP contribution in [-0.2, 0) is 0 Å². The van der Waals surface area contributed by atoms with Crippen molar-refractivity contribution in [3.63, 3.8) is 0 Å². The Morgan fingerprint density at radius 2 is 1.92 bits per heavy atom. The van der Waals surface area contributed by atoms with Crippen molar-refractivity contribution in [2.45, 2.75) is 19.4 Å². The second-order valence-electron chi connectivity index (χ2n) is 2.47. The molecule has 1 aromatic rings. The first kappa shape index (κ1) is 8.79. The van der Waals surface area contributed by atoms with E-state index < -0.39 is 17.4 Å². The third-order valence-corrected chi connectivity index (χ3v) is 1.76. The van der Waals surface area contributed by atoms with Gasteiger partial charge in [-0.05, 0) is 6.42 Å². The molecule has 0 aromatic carbocycles. The fourth-order valence-corrected chi connectivity index (χ4v) is 1.04. The molecule has 0 spiro atoms. The molecule has 0 fully saturated rings. The Morgan fingerprint density at radius 1 is 1.42 bits per heavy atom. The van der Waals surface area contributed by atoms with E-state index in [1.165, 1.54) is 0 Å². The van der Waals surface area contributed by atoms with Gasteiger partial charge < -0.3 is 5.11 Å². The van der Waals surface area contributed by atoms with Crippen molar-refractivity contribution in [2.75, 3.05) is 6.61 Å². The molecule has 1 heterocycles. The molecule has 0 amide bonds. The molecule has 0 bridgehead atoms. The van der Waals surface area contributed by atoms with Gasteiger partial charge in [-0.3, -0.25) is 0 Å². The molecule has 3 N–H and O–H groups in total. The van der Waals surface area contributed by atoms with Crippen LogP contribution in [0, 0.1) is 0 Å². The lowest BCUT2D eigenvalue weighted by Crippen LogP contribution is -2.32. The molecule has 0 aliphatic rings. The number of H-pyrrole nitrogens is 2. The Balaban J connectivity index is 3.16. The van der Waals surface area contributed by atoms with Crippen molar-refractivity contribution in [3.8, 4) is 0 Å².